The number of ether oxygens (including phenoxy) is 2. The highest BCUT2D eigenvalue weighted by Crippen LogP contribution is 2.37. The molecule has 1 aliphatic rings. The van der Waals surface area contributed by atoms with Gasteiger partial charge in [-0.2, -0.15) is 5.10 Å². The standard InChI is InChI=1S/C17H15ClN4O3/c18-13-7-11(8-14-15(13)25-6-2-5-24-14)9-20-17(23)12-10-21-22-4-1-3-19-16(12)22/h1,3-4,7-8,10H,2,5-6,9H2,(H,20,23). The molecule has 1 amide bonds. The van der Waals surface area contributed by atoms with Crippen LogP contribution in [0.5, 0.6) is 11.5 Å². The highest BCUT2D eigenvalue weighted by Gasteiger charge is 2.17. The summed E-state index contributed by atoms with van der Waals surface area (Å²) in [7, 11) is 0. The lowest BCUT2D eigenvalue weighted by Crippen LogP contribution is -2.22. The molecule has 7 nitrogen and oxygen atoms in total. The average Bonchev–Trinajstić information content (AvgIpc) is 2.90. The van der Waals surface area contributed by atoms with Gasteiger partial charge in [-0.05, 0) is 23.8 Å². The van der Waals surface area contributed by atoms with Crippen LogP contribution in [-0.2, 0) is 6.54 Å². The Balaban J connectivity index is 1.52. The van der Waals surface area contributed by atoms with Crippen LogP contribution in [0.15, 0.2) is 36.8 Å². The van der Waals surface area contributed by atoms with Gasteiger partial charge in [0, 0.05) is 25.4 Å². The Morgan fingerprint density at radius 3 is 3.12 bits per heavy atom. The van der Waals surface area contributed by atoms with Gasteiger partial charge in [-0.1, -0.05) is 11.6 Å². The molecule has 128 valence electrons. The molecule has 3 aromatic rings. The number of rotatable bonds is 3. The highest BCUT2D eigenvalue weighted by molar-refractivity contribution is 6.32. The van der Waals surface area contributed by atoms with Crippen LogP contribution in [0, 0.1) is 0 Å². The van der Waals surface area contributed by atoms with Gasteiger partial charge in [0.1, 0.15) is 5.56 Å². The first-order valence-corrected chi connectivity index (χ1v) is 8.25. The minimum atomic E-state index is -0.253. The van der Waals surface area contributed by atoms with Crippen LogP contribution in [-0.4, -0.2) is 33.7 Å². The maximum Gasteiger partial charge on any atom is 0.257 e. The van der Waals surface area contributed by atoms with Gasteiger partial charge in [0.05, 0.1) is 24.4 Å². The number of benzene rings is 1. The fourth-order valence-corrected chi connectivity index (χ4v) is 2.94. The second kappa shape index (κ2) is 6.60. The number of nitrogens with one attached hydrogen (secondary N) is 1. The van der Waals surface area contributed by atoms with E-state index in [2.05, 4.69) is 15.4 Å². The first-order chi connectivity index (χ1) is 12.2. The van der Waals surface area contributed by atoms with Crippen LogP contribution in [0.2, 0.25) is 5.02 Å². The van der Waals surface area contributed by atoms with Gasteiger partial charge in [0.15, 0.2) is 17.1 Å². The molecule has 8 heteroatoms. The lowest BCUT2D eigenvalue weighted by molar-refractivity contribution is 0.0952. The van der Waals surface area contributed by atoms with Crippen molar-refractivity contribution in [3.63, 3.8) is 0 Å². The number of halogens is 1. The number of aromatic nitrogens is 3. The second-order valence-electron chi connectivity index (χ2n) is 5.58. The fourth-order valence-electron chi connectivity index (χ4n) is 2.65. The summed E-state index contributed by atoms with van der Waals surface area (Å²) in [4.78, 5) is 16.6. The predicted octanol–water partition coefficient (Wildman–Crippen LogP) is 2.47. The Kier molecular flexibility index (Phi) is 4.15. The summed E-state index contributed by atoms with van der Waals surface area (Å²) in [5.41, 5.74) is 1.75. The molecule has 2 aromatic heterocycles. The molecule has 4 rings (SSSR count). The van der Waals surface area contributed by atoms with Crippen LogP contribution in [0.1, 0.15) is 22.3 Å². The maximum absolute atomic E-state index is 12.4. The van der Waals surface area contributed by atoms with E-state index in [-0.39, 0.29) is 5.91 Å². The number of hydrogen-bond donors (Lipinski definition) is 1. The predicted molar refractivity (Wildman–Crippen MR) is 91.2 cm³/mol. The molecule has 1 aromatic carbocycles. The number of amides is 1. The topological polar surface area (TPSA) is 77.8 Å². The molecule has 0 unspecified atom stereocenters. The molecule has 0 spiro atoms. The van der Waals surface area contributed by atoms with Crippen LogP contribution in [0.3, 0.4) is 0 Å². The Morgan fingerprint density at radius 1 is 1.32 bits per heavy atom. The van der Waals surface area contributed by atoms with Gasteiger partial charge < -0.3 is 14.8 Å². The van der Waals surface area contributed by atoms with E-state index in [1.807, 2.05) is 6.07 Å². The van der Waals surface area contributed by atoms with Gasteiger partial charge in [-0.15, -0.1) is 0 Å². The van der Waals surface area contributed by atoms with Crippen LogP contribution < -0.4 is 14.8 Å². The zero-order chi connectivity index (χ0) is 17.2. The van der Waals surface area contributed by atoms with E-state index >= 15 is 0 Å². The van der Waals surface area contributed by atoms with Crippen molar-refractivity contribution in [2.24, 2.45) is 0 Å². The van der Waals surface area contributed by atoms with Crippen molar-refractivity contribution in [2.45, 2.75) is 13.0 Å². The lowest BCUT2D eigenvalue weighted by Gasteiger charge is -2.12. The van der Waals surface area contributed by atoms with Gasteiger partial charge >= 0.3 is 0 Å². The fraction of sp³-hybridized carbons (Fsp3) is 0.235. The Labute approximate surface area is 148 Å². The minimum Gasteiger partial charge on any atom is -0.489 e. The van der Waals surface area contributed by atoms with Gasteiger partial charge in [0.2, 0.25) is 0 Å². The van der Waals surface area contributed by atoms with Gasteiger partial charge in [-0.3, -0.25) is 4.79 Å². The molecule has 0 atom stereocenters. The summed E-state index contributed by atoms with van der Waals surface area (Å²) in [6.45, 7) is 1.46. The number of fused-ring (bicyclic) bond motifs is 2. The molecule has 0 saturated carbocycles. The second-order valence-corrected chi connectivity index (χ2v) is 5.99. The van der Waals surface area contributed by atoms with Crippen molar-refractivity contribution >= 4 is 23.2 Å². The van der Waals surface area contributed by atoms with Crippen molar-refractivity contribution in [3.05, 3.63) is 52.9 Å². The van der Waals surface area contributed by atoms with Gasteiger partial charge in [0.25, 0.3) is 5.91 Å². The summed E-state index contributed by atoms with van der Waals surface area (Å²) in [6.07, 6.45) is 5.66. The zero-order valence-electron chi connectivity index (χ0n) is 13.2. The first kappa shape index (κ1) is 15.7. The highest BCUT2D eigenvalue weighted by atomic mass is 35.5. The Hall–Kier alpha value is -2.80. The third kappa shape index (κ3) is 3.10. The molecule has 0 bridgehead atoms. The average molecular weight is 359 g/mol. The SMILES string of the molecule is O=C(NCc1cc(Cl)c2c(c1)OCCCO2)c1cnn2cccnc12. The molecule has 0 saturated heterocycles. The molecule has 1 aliphatic heterocycles. The third-order valence-corrected chi connectivity index (χ3v) is 4.12. The van der Waals surface area contributed by atoms with Gasteiger partial charge in [-0.25, -0.2) is 9.50 Å². The van der Waals surface area contributed by atoms with Crippen molar-refractivity contribution < 1.29 is 14.3 Å². The van der Waals surface area contributed by atoms with E-state index in [1.165, 1.54) is 6.20 Å². The summed E-state index contributed by atoms with van der Waals surface area (Å²) >= 11 is 6.27. The quantitative estimate of drug-likeness (QED) is 0.778. The maximum atomic E-state index is 12.4. The van der Waals surface area contributed by atoms with Crippen molar-refractivity contribution in [2.75, 3.05) is 13.2 Å². The molecule has 1 N–H and O–H groups in total. The van der Waals surface area contributed by atoms with E-state index in [4.69, 9.17) is 21.1 Å². The van der Waals surface area contributed by atoms with Crippen molar-refractivity contribution in [3.8, 4) is 11.5 Å². The van der Waals surface area contributed by atoms with Crippen molar-refractivity contribution in [1.82, 2.24) is 19.9 Å². The van der Waals surface area contributed by atoms with E-state index in [9.17, 15) is 4.79 Å². The summed E-state index contributed by atoms with van der Waals surface area (Å²) in [5.74, 6) is 0.907. The first-order valence-electron chi connectivity index (χ1n) is 7.87. The number of carbonyl (C=O) groups is 1. The molecule has 0 fully saturated rings. The minimum absolute atomic E-state index is 0.253. The molecule has 0 aliphatic carbocycles. The van der Waals surface area contributed by atoms with E-state index in [0.29, 0.717) is 47.5 Å². The van der Waals surface area contributed by atoms with Crippen LogP contribution in [0.25, 0.3) is 5.65 Å². The molecule has 0 radical (unpaired) electrons. The normalized spacial score (nSPS) is 13.5. The summed E-state index contributed by atoms with van der Waals surface area (Å²) in [6, 6.07) is 5.35. The summed E-state index contributed by atoms with van der Waals surface area (Å²) in [5, 5.41) is 7.44. The number of hydrogen-bond acceptors (Lipinski definition) is 5. The third-order valence-electron chi connectivity index (χ3n) is 3.84. The zero-order valence-corrected chi connectivity index (χ0v) is 14.0. The Morgan fingerprint density at radius 2 is 2.20 bits per heavy atom. The van der Waals surface area contributed by atoms with E-state index in [0.717, 1.165) is 12.0 Å². The monoisotopic (exact) mass is 358 g/mol. The molecule has 3 heterocycles. The van der Waals surface area contributed by atoms with E-state index in [1.54, 1.807) is 29.0 Å². The van der Waals surface area contributed by atoms with E-state index < -0.39 is 0 Å². The number of nitrogens with zero attached hydrogens (tertiary/aromatic N) is 3. The van der Waals surface area contributed by atoms with Crippen molar-refractivity contribution in [1.29, 1.82) is 0 Å². The van der Waals surface area contributed by atoms with Crippen LogP contribution in [0.4, 0.5) is 0 Å². The largest absolute Gasteiger partial charge is 0.489 e. The molecular formula is C17H15ClN4O3. The summed E-state index contributed by atoms with van der Waals surface area (Å²) < 4.78 is 12.8. The van der Waals surface area contributed by atoms with Crippen LogP contribution >= 0.6 is 11.6 Å². The smallest absolute Gasteiger partial charge is 0.257 e. The molecule has 25 heavy (non-hydrogen) atoms. The molecular weight excluding hydrogens is 344 g/mol. The number of carbonyl (C=O) groups excluding carboxylic acids is 1. The lowest BCUT2D eigenvalue weighted by atomic mass is 10.2. The Bertz CT molecular complexity index is 941.